The Morgan fingerprint density at radius 3 is 2.19 bits per heavy atom. The first kappa shape index (κ1) is 11.8. The molecule has 1 saturated heterocycles. The van der Waals surface area contributed by atoms with Crippen molar-refractivity contribution in [3.63, 3.8) is 0 Å². The molecule has 0 unspecified atom stereocenters. The van der Waals surface area contributed by atoms with E-state index in [0.29, 0.717) is 0 Å². The summed E-state index contributed by atoms with van der Waals surface area (Å²) in [5, 5.41) is 0. The Kier molecular flexibility index (Phi) is 3.45. The summed E-state index contributed by atoms with van der Waals surface area (Å²) >= 11 is 1.84. The van der Waals surface area contributed by atoms with Crippen LogP contribution in [-0.4, -0.2) is 30.3 Å². The van der Waals surface area contributed by atoms with Gasteiger partial charge >= 0.3 is 0 Å². The Morgan fingerprint density at radius 1 is 1.06 bits per heavy atom. The summed E-state index contributed by atoms with van der Waals surface area (Å²) in [4.78, 5) is 2.49. The fourth-order valence-electron chi connectivity index (χ4n) is 2.57. The fraction of sp³-hybridized carbons (Fsp3) is 0.538. The van der Waals surface area contributed by atoms with Gasteiger partial charge in [-0.1, -0.05) is 29.6 Å². The van der Waals surface area contributed by atoms with Crippen molar-refractivity contribution >= 4 is 17.6 Å². The van der Waals surface area contributed by atoms with Crippen molar-refractivity contribution in [1.29, 1.82) is 0 Å². The maximum Gasteiger partial charge on any atom is 0.0804 e. The molecule has 1 aromatic carbocycles. The van der Waals surface area contributed by atoms with Gasteiger partial charge in [0.15, 0.2) is 0 Å². The van der Waals surface area contributed by atoms with Crippen molar-refractivity contribution < 1.29 is 0 Å². The standard InChI is InChI=1S/C13H20N2S/c1-10-7-11(2)13(12(3)8-10)14-5-6-15(9-14)16-4/h7-8H,5-6,9H2,1-4H3. The molecule has 0 spiro atoms. The number of aryl methyl sites for hydroxylation is 3. The molecule has 1 aromatic rings. The average Bonchev–Trinajstić information content (AvgIpc) is 2.64. The van der Waals surface area contributed by atoms with Crippen LogP contribution in [0.25, 0.3) is 0 Å². The van der Waals surface area contributed by atoms with Crippen LogP contribution in [0.2, 0.25) is 0 Å². The van der Waals surface area contributed by atoms with Gasteiger partial charge in [-0.15, -0.1) is 0 Å². The minimum atomic E-state index is 1.05. The first-order chi connectivity index (χ1) is 7.61. The molecular formula is C13H20N2S. The summed E-state index contributed by atoms with van der Waals surface area (Å²) in [6.45, 7) is 9.96. The topological polar surface area (TPSA) is 6.48 Å². The lowest BCUT2D eigenvalue weighted by atomic mass is 10.0. The zero-order chi connectivity index (χ0) is 11.7. The molecule has 0 amide bonds. The van der Waals surface area contributed by atoms with E-state index in [2.05, 4.69) is 48.4 Å². The third-order valence-corrected chi connectivity index (χ3v) is 3.97. The molecule has 2 nitrogen and oxygen atoms in total. The highest BCUT2D eigenvalue weighted by atomic mass is 32.2. The number of hydrogen-bond donors (Lipinski definition) is 0. The molecule has 1 fully saturated rings. The van der Waals surface area contributed by atoms with Crippen molar-refractivity contribution in [3.8, 4) is 0 Å². The molecule has 88 valence electrons. The van der Waals surface area contributed by atoms with E-state index in [4.69, 9.17) is 0 Å². The van der Waals surface area contributed by atoms with E-state index in [1.165, 1.54) is 22.4 Å². The quantitative estimate of drug-likeness (QED) is 0.729. The molecule has 0 N–H and O–H groups in total. The van der Waals surface area contributed by atoms with Crippen LogP contribution < -0.4 is 4.90 Å². The van der Waals surface area contributed by atoms with Crippen LogP contribution in [0.3, 0.4) is 0 Å². The van der Waals surface area contributed by atoms with Crippen molar-refractivity contribution in [2.45, 2.75) is 20.8 Å². The summed E-state index contributed by atoms with van der Waals surface area (Å²) in [7, 11) is 0. The zero-order valence-corrected chi connectivity index (χ0v) is 11.4. The second-order valence-electron chi connectivity index (χ2n) is 4.54. The first-order valence-electron chi connectivity index (χ1n) is 5.73. The van der Waals surface area contributed by atoms with Gasteiger partial charge in [0.05, 0.1) is 6.67 Å². The first-order valence-corrected chi connectivity index (χ1v) is 6.92. The zero-order valence-electron chi connectivity index (χ0n) is 10.6. The third-order valence-electron chi connectivity index (χ3n) is 3.16. The van der Waals surface area contributed by atoms with Gasteiger partial charge in [0.2, 0.25) is 0 Å². The van der Waals surface area contributed by atoms with Gasteiger partial charge in [-0.25, -0.2) is 4.31 Å². The molecule has 3 heteroatoms. The van der Waals surface area contributed by atoms with Crippen LogP contribution in [0.4, 0.5) is 5.69 Å². The molecule has 1 aliphatic rings. The molecule has 16 heavy (non-hydrogen) atoms. The van der Waals surface area contributed by atoms with E-state index in [9.17, 15) is 0 Å². The van der Waals surface area contributed by atoms with Crippen molar-refractivity contribution in [2.75, 3.05) is 30.9 Å². The number of anilines is 1. The Hall–Kier alpha value is -0.670. The van der Waals surface area contributed by atoms with Crippen molar-refractivity contribution in [1.82, 2.24) is 4.31 Å². The maximum absolute atomic E-state index is 2.49. The Balaban J connectivity index is 2.28. The van der Waals surface area contributed by atoms with E-state index < -0.39 is 0 Å². The second kappa shape index (κ2) is 4.68. The Bertz CT molecular complexity index is 367. The number of benzene rings is 1. The van der Waals surface area contributed by atoms with Crippen molar-refractivity contribution in [3.05, 3.63) is 28.8 Å². The van der Waals surface area contributed by atoms with Crippen LogP contribution in [0, 0.1) is 20.8 Å². The highest BCUT2D eigenvalue weighted by Crippen LogP contribution is 2.29. The normalized spacial score (nSPS) is 17.1. The monoisotopic (exact) mass is 236 g/mol. The molecule has 2 rings (SSSR count). The molecule has 0 saturated carbocycles. The summed E-state index contributed by atoms with van der Waals surface area (Å²) in [6.07, 6.45) is 2.15. The van der Waals surface area contributed by atoms with E-state index in [0.717, 1.165) is 19.8 Å². The molecule has 0 bridgehead atoms. The molecule has 0 radical (unpaired) electrons. The summed E-state index contributed by atoms with van der Waals surface area (Å²) < 4.78 is 2.40. The van der Waals surface area contributed by atoms with Crippen LogP contribution in [-0.2, 0) is 0 Å². The van der Waals surface area contributed by atoms with Gasteiger partial charge in [-0.05, 0) is 38.2 Å². The predicted molar refractivity (Wildman–Crippen MR) is 73.1 cm³/mol. The Morgan fingerprint density at radius 2 is 1.69 bits per heavy atom. The average molecular weight is 236 g/mol. The lowest BCUT2D eigenvalue weighted by Gasteiger charge is -2.23. The lowest BCUT2D eigenvalue weighted by molar-refractivity contribution is 0.592. The maximum atomic E-state index is 2.49. The summed E-state index contributed by atoms with van der Waals surface area (Å²) in [6, 6.07) is 4.56. The van der Waals surface area contributed by atoms with E-state index in [1.54, 1.807) is 0 Å². The number of rotatable bonds is 2. The molecule has 1 aliphatic heterocycles. The number of hydrogen-bond acceptors (Lipinski definition) is 3. The fourth-order valence-corrected chi connectivity index (χ4v) is 3.09. The van der Waals surface area contributed by atoms with Crippen LogP contribution in [0.1, 0.15) is 16.7 Å². The van der Waals surface area contributed by atoms with Crippen LogP contribution in [0.15, 0.2) is 12.1 Å². The predicted octanol–water partition coefficient (Wildman–Crippen LogP) is 2.97. The summed E-state index contributed by atoms with van der Waals surface area (Å²) in [5.41, 5.74) is 5.60. The van der Waals surface area contributed by atoms with Gasteiger partial charge in [-0.2, -0.15) is 0 Å². The minimum Gasteiger partial charge on any atom is -0.356 e. The van der Waals surface area contributed by atoms with E-state index in [-0.39, 0.29) is 0 Å². The van der Waals surface area contributed by atoms with Gasteiger partial charge in [0, 0.05) is 18.8 Å². The van der Waals surface area contributed by atoms with Crippen LogP contribution >= 0.6 is 11.9 Å². The lowest BCUT2D eigenvalue weighted by Crippen LogP contribution is -2.23. The van der Waals surface area contributed by atoms with Gasteiger partial charge in [-0.3, -0.25) is 0 Å². The molecular weight excluding hydrogens is 216 g/mol. The minimum absolute atomic E-state index is 1.05. The third kappa shape index (κ3) is 2.20. The SMILES string of the molecule is CSN1CCN(c2c(C)cc(C)cc2C)C1. The van der Waals surface area contributed by atoms with Gasteiger partial charge in [0.25, 0.3) is 0 Å². The molecule has 0 aromatic heterocycles. The smallest absolute Gasteiger partial charge is 0.0804 e. The molecule has 0 atom stereocenters. The van der Waals surface area contributed by atoms with Crippen LogP contribution in [0.5, 0.6) is 0 Å². The highest BCUT2D eigenvalue weighted by molar-refractivity contribution is 7.96. The van der Waals surface area contributed by atoms with Gasteiger partial charge in [0.1, 0.15) is 0 Å². The molecule has 1 heterocycles. The second-order valence-corrected chi connectivity index (χ2v) is 5.42. The highest BCUT2D eigenvalue weighted by Gasteiger charge is 2.21. The van der Waals surface area contributed by atoms with Crippen molar-refractivity contribution in [2.24, 2.45) is 0 Å². The number of nitrogens with zero attached hydrogens (tertiary/aromatic N) is 2. The summed E-state index contributed by atoms with van der Waals surface area (Å²) in [5.74, 6) is 0. The Labute approximate surface area is 103 Å². The van der Waals surface area contributed by atoms with Gasteiger partial charge < -0.3 is 4.90 Å². The molecule has 0 aliphatic carbocycles. The largest absolute Gasteiger partial charge is 0.356 e. The van der Waals surface area contributed by atoms with E-state index >= 15 is 0 Å². The van der Waals surface area contributed by atoms with E-state index in [1.807, 2.05) is 11.9 Å².